The molecule has 21 heavy (non-hydrogen) atoms. The minimum atomic E-state index is -0.616. The Morgan fingerprint density at radius 3 is 2.29 bits per heavy atom. The van der Waals surface area contributed by atoms with Crippen LogP contribution in [0.5, 0.6) is 0 Å². The van der Waals surface area contributed by atoms with Crippen molar-refractivity contribution in [2.45, 2.75) is 12.6 Å². The van der Waals surface area contributed by atoms with Gasteiger partial charge < -0.3 is 10.2 Å². The van der Waals surface area contributed by atoms with Crippen molar-refractivity contribution in [1.82, 2.24) is 4.90 Å². The summed E-state index contributed by atoms with van der Waals surface area (Å²) >= 11 is 0. The van der Waals surface area contributed by atoms with Crippen molar-refractivity contribution in [3.63, 3.8) is 0 Å². The van der Waals surface area contributed by atoms with Crippen LogP contribution in [-0.2, 0) is 6.54 Å². The molecule has 2 rings (SSSR count). The summed E-state index contributed by atoms with van der Waals surface area (Å²) in [5.41, 5.74) is 2.90. The summed E-state index contributed by atoms with van der Waals surface area (Å²) in [5, 5.41) is 19.5. The third-order valence-electron chi connectivity index (χ3n) is 3.39. The van der Waals surface area contributed by atoms with E-state index in [0.717, 1.165) is 16.7 Å². The van der Waals surface area contributed by atoms with Gasteiger partial charge in [0, 0.05) is 13.1 Å². The summed E-state index contributed by atoms with van der Waals surface area (Å²) < 4.78 is 0. The van der Waals surface area contributed by atoms with Crippen molar-refractivity contribution in [3.05, 3.63) is 71.3 Å². The Bertz CT molecular complexity index is 533. The highest BCUT2D eigenvalue weighted by Gasteiger charge is 2.14. The summed E-state index contributed by atoms with van der Waals surface area (Å²) in [4.78, 5) is 2.04. The molecule has 4 heteroatoms. The number of aliphatic hydroxyl groups is 2. The van der Waals surface area contributed by atoms with Crippen molar-refractivity contribution < 1.29 is 10.2 Å². The van der Waals surface area contributed by atoms with Crippen LogP contribution in [0.2, 0.25) is 0 Å². The molecule has 0 saturated heterocycles. The van der Waals surface area contributed by atoms with E-state index in [1.165, 1.54) is 0 Å². The molecule has 1 unspecified atom stereocenters. The van der Waals surface area contributed by atoms with Gasteiger partial charge >= 0.3 is 0 Å². The third-order valence-corrected chi connectivity index (χ3v) is 3.39. The van der Waals surface area contributed by atoms with Crippen LogP contribution in [0.15, 0.2) is 54.6 Å². The molecule has 114 valence electrons. The van der Waals surface area contributed by atoms with Crippen molar-refractivity contribution >= 4 is 12.4 Å². The van der Waals surface area contributed by atoms with Crippen LogP contribution in [0, 0.1) is 0 Å². The van der Waals surface area contributed by atoms with E-state index in [2.05, 4.69) is 0 Å². The fraction of sp³-hybridized carbons (Fsp3) is 0.294. The van der Waals surface area contributed by atoms with Gasteiger partial charge in [0.15, 0.2) is 0 Å². The van der Waals surface area contributed by atoms with Gasteiger partial charge in [0.25, 0.3) is 0 Å². The standard InChI is InChI=1S/C17H21NO2.ClH/c1-18(11-12-19)13-15-9-5-6-10-16(15)17(20)14-7-3-2-4-8-14;/h2-10,17,19-20H,11-13H2,1H3;1H. The first-order chi connectivity index (χ1) is 9.72. The van der Waals surface area contributed by atoms with E-state index in [4.69, 9.17) is 5.11 Å². The van der Waals surface area contributed by atoms with Gasteiger partial charge in [-0.25, -0.2) is 0 Å². The molecule has 2 N–H and O–H groups in total. The molecule has 0 aromatic heterocycles. The molecule has 2 aromatic rings. The number of likely N-dealkylation sites (N-methyl/N-ethyl adjacent to an activating group) is 1. The number of nitrogens with zero attached hydrogens (tertiary/aromatic N) is 1. The second-order valence-corrected chi connectivity index (χ2v) is 4.97. The molecular weight excluding hydrogens is 286 g/mol. The highest BCUT2D eigenvalue weighted by Crippen LogP contribution is 2.25. The van der Waals surface area contributed by atoms with Crippen LogP contribution in [0.4, 0.5) is 0 Å². The van der Waals surface area contributed by atoms with Crippen LogP contribution in [0.25, 0.3) is 0 Å². The molecule has 0 heterocycles. The first kappa shape index (κ1) is 17.7. The van der Waals surface area contributed by atoms with E-state index in [9.17, 15) is 5.11 Å². The number of hydrogen-bond donors (Lipinski definition) is 2. The lowest BCUT2D eigenvalue weighted by molar-refractivity contribution is 0.206. The summed E-state index contributed by atoms with van der Waals surface area (Å²) in [5.74, 6) is 0. The first-order valence-corrected chi connectivity index (χ1v) is 6.82. The Labute approximate surface area is 132 Å². The predicted molar refractivity (Wildman–Crippen MR) is 87.6 cm³/mol. The van der Waals surface area contributed by atoms with Gasteiger partial charge in [-0.3, -0.25) is 4.90 Å². The zero-order chi connectivity index (χ0) is 14.4. The molecule has 0 amide bonds. The van der Waals surface area contributed by atoms with Gasteiger partial charge in [0.05, 0.1) is 6.61 Å². The summed E-state index contributed by atoms with van der Waals surface area (Å²) in [6.07, 6.45) is -0.616. The zero-order valence-electron chi connectivity index (χ0n) is 12.1. The minimum absolute atomic E-state index is 0. The molecule has 3 nitrogen and oxygen atoms in total. The fourth-order valence-electron chi connectivity index (χ4n) is 2.30. The number of halogens is 1. The van der Waals surface area contributed by atoms with E-state index in [-0.39, 0.29) is 19.0 Å². The van der Waals surface area contributed by atoms with Gasteiger partial charge in [-0.2, -0.15) is 0 Å². The predicted octanol–water partition coefficient (Wildman–Crippen LogP) is 2.61. The first-order valence-electron chi connectivity index (χ1n) is 6.82. The summed E-state index contributed by atoms with van der Waals surface area (Å²) in [6, 6.07) is 17.6. The highest BCUT2D eigenvalue weighted by molar-refractivity contribution is 5.85. The van der Waals surface area contributed by atoms with E-state index in [1.807, 2.05) is 66.5 Å². The highest BCUT2D eigenvalue weighted by atomic mass is 35.5. The van der Waals surface area contributed by atoms with Gasteiger partial charge in [0.2, 0.25) is 0 Å². The smallest absolute Gasteiger partial charge is 0.104 e. The van der Waals surface area contributed by atoms with Gasteiger partial charge in [-0.05, 0) is 23.7 Å². The molecule has 0 bridgehead atoms. The molecule has 0 aliphatic heterocycles. The van der Waals surface area contributed by atoms with Crippen LogP contribution in [0.3, 0.4) is 0 Å². The van der Waals surface area contributed by atoms with Crippen LogP contribution in [0.1, 0.15) is 22.8 Å². The molecule has 0 saturated carbocycles. The second kappa shape index (κ2) is 8.80. The Kier molecular flexibility index (Phi) is 7.40. The zero-order valence-corrected chi connectivity index (χ0v) is 13.0. The van der Waals surface area contributed by atoms with Gasteiger partial charge in [-0.1, -0.05) is 54.6 Å². The Morgan fingerprint density at radius 1 is 1.00 bits per heavy atom. The minimum Gasteiger partial charge on any atom is -0.395 e. The number of hydrogen-bond acceptors (Lipinski definition) is 3. The molecule has 0 aliphatic carbocycles. The molecule has 1 atom stereocenters. The van der Waals surface area contributed by atoms with Gasteiger partial charge in [0.1, 0.15) is 6.10 Å². The Balaban J connectivity index is 0.00000220. The summed E-state index contributed by atoms with van der Waals surface area (Å²) in [6.45, 7) is 1.47. The van der Waals surface area contributed by atoms with Crippen LogP contribution < -0.4 is 0 Å². The molecular formula is C17H22ClNO2. The molecule has 0 spiro atoms. The van der Waals surface area contributed by atoms with Crippen LogP contribution in [-0.4, -0.2) is 35.3 Å². The Morgan fingerprint density at radius 2 is 1.62 bits per heavy atom. The van der Waals surface area contributed by atoms with E-state index in [0.29, 0.717) is 13.1 Å². The number of rotatable bonds is 6. The lowest BCUT2D eigenvalue weighted by Crippen LogP contribution is -2.22. The van der Waals surface area contributed by atoms with Crippen molar-refractivity contribution in [3.8, 4) is 0 Å². The lowest BCUT2D eigenvalue weighted by atomic mass is 9.96. The third kappa shape index (κ3) is 4.83. The second-order valence-electron chi connectivity index (χ2n) is 4.97. The van der Waals surface area contributed by atoms with Crippen molar-refractivity contribution in [2.24, 2.45) is 0 Å². The number of aliphatic hydroxyl groups excluding tert-OH is 2. The Hall–Kier alpha value is -1.39. The van der Waals surface area contributed by atoms with Crippen molar-refractivity contribution in [1.29, 1.82) is 0 Å². The average molecular weight is 308 g/mol. The maximum absolute atomic E-state index is 10.5. The maximum Gasteiger partial charge on any atom is 0.104 e. The number of benzene rings is 2. The SMILES string of the molecule is CN(CCO)Cc1ccccc1C(O)c1ccccc1.Cl. The maximum atomic E-state index is 10.5. The van der Waals surface area contributed by atoms with E-state index < -0.39 is 6.10 Å². The topological polar surface area (TPSA) is 43.7 Å². The molecule has 2 aromatic carbocycles. The monoisotopic (exact) mass is 307 g/mol. The van der Waals surface area contributed by atoms with Gasteiger partial charge in [-0.15, -0.1) is 12.4 Å². The van der Waals surface area contributed by atoms with Crippen LogP contribution >= 0.6 is 12.4 Å². The lowest BCUT2D eigenvalue weighted by Gasteiger charge is -2.20. The molecule has 0 fully saturated rings. The largest absolute Gasteiger partial charge is 0.395 e. The molecule has 0 aliphatic rings. The van der Waals surface area contributed by atoms with E-state index in [1.54, 1.807) is 0 Å². The fourth-order valence-corrected chi connectivity index (χ4v) is 2.30. The quantitative estimate of drug-likeness (QED) is 0.862. The van der Waals surface area contributed by atoms with E-state index >= 15 is 0 Å². The average Bonchev–Trinajstić information content (AvgIpc) is 2.48. The summed E-state index contributed by atoms with van der Waals surface area (Å²) in [7, 11) is 1.96. The van der Waals surface area contributed by atoms with Crippen molar-refractivity contribution in [2.75, 3.05) is 20.2 Å². The normalized spacial score (nSPS) is 12.0. The molecule has 0 radical (unpaired) electrons.